The van der Waals surface area contributed by atoms with Crippen LogP contribution in [0.2, 0.25) is 13.1 Å². The average Bonchev–Trinajstić information content (AvgIpc) is 3.57. The van der Waals surface area contributed by atoms with Gasteiger partial charge in [0.15, 0.2) is 22.4 Å². The Labute approximate surface area is 549 Å². The molecule has 3 rings (SSSR count). The highest BCUT2D eigenvalue weighted by Gasteiger charge is 2.32. The molecule has 1 N–H and O–H groups in total. The zero-order chi connectivity index (χ0) is 70.1. The Balaban J connectivity index is -0.000000304. The smallest absolute Gasteiger partial charge is 0.286 e. The number of rotatable bonds is 30. The third kappa shape index (κ3) is 57.5. The van der Waals surface area contributed by atoms with Gasteiger partial charge in [-0.05, 0) is 73.9 Å². The normalized spacial score (nSPS) is 13.7. The third-order valence-electron chi connectivity index (χ3n) is 14.4. The zero-order valence-electron chi connectivity index (χ0n) is 60.0. The summed E-state index contributed by atoms with van der Waals surface area (Å²) in [6.07, 6.45) is 40.2. The van der Waals surface area contributed by atoms with Crippen molar-refractivity contribution in [3.63, 3.8) is 0 Å². The number of alkyl halides is 4. The van der Waals surface area contributed by atoms with Crippen LogP contribution in [0.25, 0.3) is 0 Å². The predicted octanol–water partition coefficient (Wildman–Crippen LogP) is 8.90. The minimum absolute atomic E-state index is 0.118. The fraction of sp³-hybridized carbons (Fsp3) is 0.721. The SMILES string of the molecule is C#CC1CCC[N+]1(C)C.C#CC[N+](C)(C)CCCB(C)O.C#CC[N+](C)(C)Cc1ncco1.C#CC[N+](C)(CC#C)CCS(C)(=O)=O.CCC[N+](C)(CF)CCC.COCC[N+](C)(C)CF.CSCC[N+](C)(C)CF.Cc1ccc(CC[N+](C)(C)CF)cc1. The fourth-order valence-corrected chi connectivity index (χ4v) is 9.47. The second kappa shape index (κ2) is 50.5. The molecule has 1 unspecified atom stereocenters. The number of likely N-dealkylation sites (N-methyl/N-ethyl adjacent to an activating group) is 2. The number of aryl methyl sites for hydroxylation is 1. The molecule has 1 fully saturated rings. The summed E-state index contributed by atoms with van der Waals surface area (Å²) >= 11 is 1.76. The van der Waals surface area contributed by atoms with E-state index in [0.29, 0.717) is 65.7 Å². The second-order valence-corrected chi connectivity index (χ2v) is 30.9. The lowest BCUT2D eigenvalue weighted by molar-refractivity contribution is -0.921. The van der Waals surface area contributed by atoms with Crippen LogP contribution < -0.4 is 0 Å². The molecule has 0 aliphatic carbocycles. The Morgan fingerprint density at radius 2 is 1.19 bits per heavy atom. The molecule has 89 heavy (non-hydrogen) atoms. The van der Waals surface area contributed by atoms with Crippen LogP contribution in [0.4, 0.5) is 17.6 Å². The molecular formula is C68H130BF4N9O5S2+8. The van der Waals surface area contributed by atoms with Crippen molar-refractivity contribution in [3.05, 3.63) is 53.7 Å². The number of likely N-dealkylation sites (tertiary alicyclic amines) is 1. The van der Waals surface area contributed by atoms with Gasteiger partial charge < -0.3 is 45.6 Å². The first-order chi connectivity index (χ1) is 41.1. The minimum Gasteiger partial charge on any atom is -0.451 e. The number of oxazole rings is 1. The van der Waals surface area contributed by atoms with Crippen molar-refractivity contribution in [1.82, 2.24) is 4.98 Å². The number of hydrogen-bond acceptors (Lipinski definition) is 7. The largest absolute Gasteiger partial charge is 0.451 e. The van der Waals surface area contributed by atoms with E-state index in [2.05, 4.69) is 108 Å². The van der Waals surface area contributed by atoms with Crippen molar-refractivity contribution in [3.8, 4) is 61.7 Å². The number of quaternary nitrogens is 8. The van der Waals surface area contributed by atoms with Crippen LogP contribution in [0.15, 0.2) is 41.1 Å². The molecule has 21 heteroatoms. The zero-order valence-corrected chi connectivity index (χ0v) is 61.7. The number of benzene rings is 1. The Kier molecular flexibility index (Phi) is 53.1. The minimum atomic E-state index is -2.95. The molecule has 14 nitrogen and oxygen atoms in total. The van der Waals surface area contributed by atoms with Gasteiger partial charge in [-0.15, -0.1) is 32.1 Å². The molecule has 2 heterocycles. The molecule has 0 radical (unpaired) electrons. The highest BCUT2D eigenvalue weighted by atomic mass is 32.2. The summed E-state index contributed by atoms with van der Waals surface area (Å²) in [6, 6.07) is 8.92. The predicted molar refractivity (Wildman–Crippen MR) is 373 cm³/mol. The van der Waals surface area contributed by atoms with Crippen LogP contribution in [-0.4, -0.2) is 309 Å². The van der Waals surface area contributed by atoms with Gasteiger partial charge >= 0.3 is 0 Å². The highest BCUT2D eigenvalue weighted by Crippen LogP contribution is 2.21. The Hall–Kier alpha value is -4.09. The summed E-state index contributed by atoms with van der Waals surface area (Å²) in [5, 5.41) is 9.03. The lowest BCUT2D eigenvalue weighted by Crippen LogP contribution is -2.47. The first-order valence-electron chi connectivity index (χ1n) is 30.9. The van der Waals surface area contributed by atoms with Gasteiger partial charge in [0, 0.05) is 38.4 Å². The van der Waals surface area contributed by atoms with Gasteiger partial charge in [0.2, 0.25) is 33.1 Å². The molecule has 1 aliphatic rings. The maximum Gasteiger partial charge on any atom is 0.286 e. The van der Waals surface area contributed by atoms with E-state index in [9.17, 15) is 26.0 Å². The van der Waals surface area contributed by atoms with E-state index in [0.717, 1.165) is 105 Å². The van der Waals surface area contributed by atoms with Crippen molar-refractivity contribution >= 4 is 28.5 Å². The summed E-state index contributed by atoms with van der Waals surface area (Å²) in [6.45, 7) is 17.7. The topological polar surface area (TPSA) is 89.6 Å². The van der Waals surface area contributed by atoms with Crippen LogP contribution in [-0.2, 0) is 27.5 Å². The molecule has 512 valence electrons. The molecule has 1 atom stereocenters. The van der Waals surface area contributed by atoms with Gasteiger partial charge in [-0.25, -0.2) is 13.4 Å². The molecule has 1 saturated heterocycles. The van der Waals surface area contributed by atoms with E-state index >= 15 is 0 Å². The lowest BCUT2D eigenvalue weighted by atomic mass is 9.67. The molecule has 1 aliphatic heterocycles. The maximum absolute atomic E-state index is 12.5. The fourth-order valence-electron chi connectivity index (χ4n) is 8.02. The number of nitrogens with zero attached hydrogens (tertiary/aromatic N) is 9. The maximum atomic E-state index is 12.5. The van der Waals surface area contributed by atoms with Gasteiger partial charge in [0.05, 0.1) is 163 Å². The summed E-state index contributed by atoms with van der Waals surface area (Å²) in [7, 11) is 26.5. The van der Waals surface area contributed by atoms with E-state index in [1.54, 1.807) is 31.3 Å². The van der Waals surface area contributed by atoms with Gasteiger partial charge in [-0.1, -0.05) is 50.5 Å². The number of halogens is 4. The van der Waals surface area contributed by atoms with Crippen molar-refractivity contribution in [2.45, 2.75) is 85.0 Å². The summed E-state index contributed by atoms with van der Waals surface area (Å²) < 4.78 is 85.7. The molecule has 0 bridgehead atoms. The molecule has 0 amide bonds. The number of hydrogen-bond donors (Lipinski definition) is 1. The van der Waals surface area contributed by atoms with Gasteiger partial charge in [0.1, 0.15) is 39.0 Å². The van der Waals surface area contributed by atoms with Gasteiger partial charge in [-0.2, -0.15) is 29.3 Å². The second-order valence-electron chi connectivity index (χ2n) is 27.7. The van der Waals surface area contributed by atoms with Gasteiger partial charge in [0.25, 0.3) is 6.92 Å². The Morgan fingerprint density at radius 1 is 0.708 bits per heavy atom. The molecule has 1 aromatic carbocycles. The number of ether oxygens (including phenoxy) is 1. The van der Waals surface area contributed by atoms with Crippen molar-refractivity contribution in [1.29, 1.82) is 0 Å². The van der Waals surface area contributed by atoms with Crippen LogP contribution in [0, 0.1) is 68.6 Å². The number of sulfone groups is 1. The monoisotopic (exact) mass is 1300 g/mol. The van der Waals surface area contributed by atoms with Gasteiger partial charge in [-0.3, -0.25) is 4.48 Å². The van der Waals surface area contributed by atoms with Crippen molar-refractivity contribution in [2.75, 3.05) is 242 Å². The van der Waals surface area contributed by atoms with Crippen molar-refractivity contribution < 1.29 is 76.0 Å². The standard InChI is InChI=1S/C12H19FN.C10H16NO2S.C9H19BNO.C9H13N2O.C8H19FN.C8H14N.C6H15FNO.C6H15FNS/c1-11-4-6-12(7-5-11)8-9-14(2,3)10-13;1-5-7-11(3,8-6-2)9-10-14(4,12)13;1-5-8-11(3,4)9-6-7-10(2)12;1-4-6-11(2,3)8-9-10-5-7-12-9;1-4-6-10(3,8-9)7-5-2;1-4-8-6-5-7-9(8,2)3;2*1-8(2,6-7)4-5-9-3/h4-7H,8-10H2,1-3H3;1-2H,7-10H2,3-4H3;1,12H,6-9H2,2-4H3;1,5,7H,6,8H2,2-3H3;4-8H2,1-3H3;1,8H,5-7H2,2-3H3;2*4-6H2,1-3H3/q8*+1. The summed E-state index contributed by atoms with van der Waals surface area (Å²) in [4.78, 5) is 4.03. The first-order valence-corrected chi connectivity index (χ1v) is 34.3. The average molecular weight is 1300 g/mol. The molecular weight excluding hydrogens is 1170 g/mol. The molecule has 0 saturated carbocycles. The van der Waals surface area contributed by atoms with Crippen LogP contribution in [0.1, 0.15) is 63.0 Å². The number of methoxy groups -OCH3 is 1. The Bertz CT molecular complexity index is 2350. The Morgan fingerprint density at radius 3 is 1.55 bits per heavy atom. The number of aromatic nitrogens is 1. The van der Waals surface area contributed by atoms with E-state index in [1.165, 1.54) is 36.8 Å². The van der Waals surface area contributed by atoms with E-state index in [4.69, 9.17) is 46.3 Å². The summed E-state index contributed by atoms with van der Waals surface area (Å²) in [5.74, 6) is 15.0. The van der Waals surface area contributed by atoms with E-state index < -0.39 is 9.84 Å². The molecule has 0 spiro atoms. The van der Waals surface area contributed by atoms with Crippen LogP contribution >= 0.6 is 11.8 Å². The van der Waals surface area contributed by atoms with Crippen molar-refractivity contribution in [2.24, 2.45) is 0 Å². The highest BCUT2D eigenvalue weighted by molar-refractivity contribution is 7.98. The summed E-state index contributed by atoms with van der Waals surface area (Å²) in [5.41, 5.74) is 2.56. The van der Waals surface area contributed by atoms with E-state index in [1.807, 2.05) is 83.6 Å². The third-order valence-corrected chi connectivity index (χ3v) is 15.9. The number of terminal acetylenes is 5. The number of thioether (sulfide) groups is 1. The van der Waals surface area contributed by atoms with Crippen LogP contribution in [0.5, 0.6) is 0 Å². The van der Waals surface area contributed by atoms with E-state index in [-0.39, 0.29) is 39.9 Å². The van der Waals surface area contributed by atoms with Crippen LogP contribution in [0.3, 0.4) is 0 Å². The quantitative estimate of drug-likeness (QED) is 0.0275. The lowest BCUT2D eigenvalue weighted by Gasteiger charge is -2.30. The molecule has 1 aromatic heterocycles. The molecule has 2 aromatic rings. The first kappa shape index (κ1) is 93.6.